The minimum Gasteiger partial charge on any atom is -0.480 e. The number of carbonyl (C=O) groups excluding carboxylic acids is 2. The lowest BCUT2D eigenvalue weighted by molar-refractivity contribution is -0.143. The lowest BCUT2D eigenvalue weighted by atomic mass is 9.98. The van der Waals surface area contributed by atoms with Gasteiger partial charge in [0, 0.05) is 13.0 Å². The minimum absolute atomic E-state index is 0.0565. The molecule has 8 heteroatoms. The Bertz CT molecular complexity index is 351. The molecule has 0 aromatic heterocycles. The quantitative estimate of drug-likeness (QED) is 0.431. The van der Waals surface area contributed by atoms with E-state index < -0.39 is 29.4 Å². The number of rotatable bonds is 6. The highest BCUT2D eigenvalue weighted by molar-refractivity contribution is 5.90. The molecule has 1 saturated heterocycles. The van der Waals surface area contributed by atoms with Crippen LogP contribution in [0, 0.1) is 0 Å². The SMILES string of the molecule is NC(=O)CCC(NC(=O)C1(N)CCOC1)C(=O)O. The summed E-state index contributed by atoms with van der Waals surface area (Å²) < 4.78 is 5.01. The van der Waals surface area contributed by atoms with Crippen molar-refractivity contribution in [1.29, 1.82) is 0 Å². The molecule has 0 radical (unpaired) electrons. The maximum atomic E-state index is 11.8. The fraction of sp³-hybridized carbons (Fsp3) is 0.700. The lowest BCUT2D eigenvalue weighted by Crippen LogP contribution is -2.58. The van der Waals surface area contributed by atoms with E-state index in [4.69, 9.17) is 21.3 Å². The summed E-state index contributed by atoms with van der Waals surface area (Å²) in [5.74, 6) is -2.44. The number of hydrogen-bond donors (Lipinski definition) is 4. The van der Waals surface area contributed by atoms with Gasteiger partial charge in [-0.3, -0.25) is 9.59 Å². The predicted octanol–water partition coefficient (Wildman–Crippen LogP) is -2.06. The summed E-state index contributed by atoms with van der Waals surface area (Å²) in [5, 5.41) is 11.2. The molecule has 2 atom stereocenters. The van der Waals surface area contributed by atoms with Crippen LogP contribution in [0.4, 0.5) is 0 Å². The van der Waals surface area contributed by atoms with Crippen LogP contribution in [0.5, 0.6) is 0 Å². The molecule has 2 amide bonds. The molecule has 1 rings (SSSR count). The Balaban J connectivity index is 2.57. The first-order valence-electron chi connectivity index (χ1n) is 5.54. The van der Waals surface area contributed by atoms with Gasteiger partial charge in [-0.05, 0) is 12.8 Å². The van der Waals surface area contributed by atoms with Crippen LogP contribution in [0.3, 0.4) is 0 Å². The number of nitrogens with two attached hydrogens (primary N) is 2. The van der Waals surface area contributed by atoms with Gasteiger partial charge in [-0.15, -0.1) is 0 Å². The molecule has 6 N–H and O–H groups in total. The molecule has 102 valence electrons. The van der Waals surface area contributed by atoms with Gasteiger partial charge in [-0.25, -0.2) is 4.79 Å². The lowest BCUT2D eigenvalue weighted by Gasteiger charge is -2.23. The van der Waals surface area contributed by atoms with E-state index in [0.717, 1.165) is 0 Å². The number of primary amides is 1. The van der Waals surface area contributed by atoms with Crippen LogP contribution in [0.25, 0.3) is 0 Å². The summed E-state index contributed by atoms with van der Waals surface area (Å²) in [4.78, 5) is 33.4. The first kappa shape index (κ1) is 14.4. The fourth-order valence-corrected chi connectivity index (χ4v) is 1.61. The van der Waals surface area contributed by atoms with Gasteiger partial charge in [0.1, 0.15) is 11.6 Å². The number of ether oxygens (including phenoxy) is 1. The molecule has 0 spiro atoms. The second kappa shape index (κ2) is 5.78. The van der Waals surface area contributed by atoms with Gasteiger partial charge in [0.2, 0.25) is 11.8 Å². The highest BCUT2D eigenvalue weighted by atomic mass is 16.5. The Morgan fingerprint density at radius 1 is 1.44 bits per heavy atom. The van der Waals surface area contributed by atoms with E-state index in [-0.39, 0.29) is 19.4 Å². The van der Waals surface area contributed by atoms with E-state index in [9.17, 15) is 14.4 Å². The van der Waals surface area contributed by atoms with Crippen molar-refractivity contribution in [1.82, 2.24) is 5.32 Å². The molecule has 18 heavy (non-hydrogen) atoms. The third-order valence-corrected chi connectivity index (χ3v) is 2.79. The number of hydrogen-bond acceptors (Lipinski definition) is 5. The van der Waals surface area contributed by atoms with Crippen molar-refractivity contribution in [3.63, 3.8) is 0 Å². The summed E-state index contributed by atoms with van der Waals surface area (Å²) in [7, 11) is 0. The zero-order valence-corrected chi connectivity index (χ0v) is 9.85. The van der Waals surface area contributed by atoms with Gasteiger partial charge >= 0.3 is 5.97 Å². The summed E-state index contributed by atoms with van der Waals surface area (Å²) in [6.07, 6.45) is 0.152. The van der Waals surface area contributed by atoms with E-state index >= 15 is 0 Å². The van der Waals surface area contributed by atoms with Gasteiger partial charge < -0.3 is 26.6 Å². The molecule has 8 nitrogen and oxygen atoms in total. The van der Waals surface area contributed by atoms with Crippen molar-refractivity contribution in [2.75, 3.05) is 13.2 Å². The second-order valence-corrected chi connectivity index (χ2v) is 4.33. The Kier molecular flexibility index (Phi) is 4.62. The van der Waals surface area contributed by atoms with Gasteiger partial charge in [0.15, 0.2) is 0 Å². The normalized spacial score (nSPS) is 24.5. The Morgan fingerprint density at radius 2 is 2.11 bits per heavy atom. The van der Waals surface area contributed by atoms with E-state index in [1.165, 1.54) is 0 Å². The van der Waals surface area contributed by atoms with Gasteiger partial charge in [0.05, 0.1) is 6.61 Å². The summed E-state index contributed by atoms with van der Waals surface area (Å²) in [5.41, 5.74) is 9.52. The van der Waals surface area contributed by atoms with Crippen LogP contribution in [0.15, 0.2) is 0 Å². The van der Waals surface area contributed by atoms with Crippen molar-refractivity contribution in [2.24, 2.45) is 11.5 Å². The number of carboxylic acids is 1. The molecule has 0 bridgehead atoms. The van der Waals surface area contributed by atoms with Crippen LogP contribution >= 0.6 is 0 Å². The van der Waals surface area contributed by atoms with E-state index in [1.54, 1.807) is 0 Å². The Hall–Kier alpha value is -1.67. The largest absolute Gasteiger partial charge is 0.480 e. The molecule has 0 aromatic rings. The standard InChI is InChI=1S/C10H17N3O5/c11-7(14)2-1-6(8(15)16)13-9(17)10(12)3-4-18-5-10/h6H,1-5,12H2,(H2,11,14)(H,13,17)(H,15,16). The number of nitrogens with one attached hydrogen (secondary N) is 1. The highest BCUT2D eigenvalue weighted by Gasteiger charge is 2.39. The molecule has 0 saturated carbocycles. The molecular formula is C10H17N3O5. The number of aliphatic carboxylic acids is 1. The van der Waals surface area contributed by atoms with Gasteiger partial charge in [-0.1, -0.05) is 0 Å². The third kappa shape index (κ3) is 3.67. The molecular weight excluding hydrogens is 242 g/mol. The zero-order chi connectivity index (χ0) is 13.8. The monoisotopic (exact) mass is 259 g/mol. The van der Waals surface area contributed by atoms with Crippen molar-refractivity contribution in [3.8, 4) is 0 Å². The van der Waals surface area contributed by atoms with Gasteiger partial charge in [0.25, 0.3) is 0 Å². The maximum absolute atomic E-state index is 11.8. The topological polar surface area (TPSA) is 145 Å². The number of carbonyl (C=O) groups is 3. The average molecular weight is 259 g/mol. The van der Waals surface area contributed by atoms with Crippen molar-refractivity contribution in [2.45, 2.75) is 30.8 Å². The number of carboxylic acid groups (broad SMARTS) is 1. The van der Waals surface area contributed by atoms with Crippen LogP contribution < -0.4 is 16.8 Å². The molecule has 1 aliphatic heterocycles. The molecule has 0 aliphatic carbocycles. The molecule has 2 unspecified atom stereocenters. The molecule has 1 aliphatic rings. The van der Waals surface area contributed by atoms with E-state index in [0.29, 0.717) is 13.0 Å². The zero-order valence-electron chi connectivity index (χ0n) is 9.85. The van der Waals surface area contributed by atoms with Gasteiger partial charge in [-0.2, -0.15) is 0 Å². The van der Waals surface area contributed by atoms with Crippen molar-refractivity contribution >= 4 is 17.8 Å². The second-order valence-electron chi connectivity index (χ2n) is 4.33. The van der Waals surface area contributed by atoms with Crippen LogP contribution in [-0.4, -0.2) is 47.7 Å². The maximum Gasteiger partial charge on any atom is 0.326 e. The first-order valence-corrected chi connectivity index (χ1v) is 5.54. The minimum atomic E-state index is -1.23. The molecule has 1 heterocycles. The molecule has 1 fully saturated rings. The summed E-state index contributed by atoms with van der Waals surface area (Å²) in [6, 6.07) is -1.17. The fourth-order valence-electron chi connectivity index (χ4n) is 1.61. The summed E-state index contributed by atoms with van der Waals surface area (Å²) >= 11 is 0. The van der Waals surface area contributed by atoms with Crippen LogP contribution in [0.1, 0.15) is 19.3 Å². The smallest absolute Gasteiger partial charge is 0.326 e. The first-order chi connectivity index (χ1) is 8.35. The highest BCUT2D eigenvalue weighted by Crippen LogP contribution is 2.16. The van der Waals surface area contributed by atoms with Crippen molar-refractivity contribution in [3.05, 3.63) is 0 Å². The summed E-state index contributed by atoms with van der Waals surface area (Å²) in [6.45, 7) is 0.421. The van der Waals surface area contributed by atoms with Crippen LogP contribution in [0.2, 0.25) is 0 Å². The van der Waals surface area contributed by atoms with E-state index in [2.05, 4.69) is 5.32 Å². The van der Waals surface area contributed by atoms with Crippen molar-refractivity contribution < 1.29 is 24.2 Å². The predicted molar refractivity (Wildman–Crippen MR) is 60.3 cm³/mol. The van der Waals surface area contributed by atoms with Crippen LogP contribution in [-0.2, 0) is 19.1 Å². The Morgan fingerprint density at radius 3 is 2.56 bits per heavy atom. The molecule has 0 aromatic carbocycles. The third-order valence-electron chi connectivity index (χ3n) is 2.79. The Labute approximate surface area is 104 Å². The average Bonchev–Trinajstić information content (AvgIpc) is 2.71. The number of amides is 2. The van der Waals surface area contributed by atoms with E-state index in [1.807, 2.05) is 0 Å².